The molecule has 0 saturated carbocycles. The number of benzene rings is 2. The number of urea groups is 1. The monoisotopic (exact) mass is 376 g/mol. The van der Waals surface area contributed by atoms with Crippen LogP contribution in [0.1, 0.15) is 31.4 Å². The minimum absolute atomic E-state index is 0.0511. The van der Waals surface area contributed by atoms with Crippen molar-refractivity contribution in [1.82, 2.24) is 9.62 Å². The number of nitrogens with one attached hydrogen (secondary N) is 1. The predicted octanol–water partition coefficient (Wildman–Crippen LogP) is 3.57. The zero-order chi connectivity index (χ0) is 19.2. The van der Waals surface area contributed by atoms with Gasteiger partial charge in [-0.05, 0) is 36.2 Å². The highest BCUT2D eigenvalue weighted by Crippen LogP contribution is 2.27. The number of carbonyl (C=O) groups excluding carboxylic acids is 1. The maximum Gasteiger partial charge on any atom is 0.331 e. The average molecular weight is 376 g/mol. The van der Waals surface area contributed by atoms with Crippen LogP contribution in [0.15, 0.2) is 59.5 Å². The molecule has 0 fully saturated rings. The quantitative estimate of drug-likeness (QED) is 0.802. The van der Waals surface area contributed by atoms with E-state index < -0.39 is 16.1 Å². The average Bonchev–Trinajstić information content (AvgIpc) is 2.66. The Bertz CT molecular complexity index is 838. The lowest BCUT2D eigenvalue weighted by Gasteiger charge is -2.28. The van der Waals surface area contributed by atoms with Crippen molar-refractivity contribution in [3.05, 3.63) is 60.2 Å². The predicted molar refractivity (Wildman–Crippen MR) is 101 cm³/mol. The molecule has 7 heteroatoms. The van der Waals surface area contributed by atoms with Crippen LogP contribution in [0.4, 0.5) is 4.79 Å². The normalized spacial score (nSPS) is 12.3. The summed E-state index contributed by atoms with van der Waals surface area (Å²) in [4.78, 5) is 14.0. The van der Waals surface area contributed by atoms with Crippen molar-refractivity contribution in [1.29, 1.82) is 0 Å². The second kappa shape index (κ2) is 8.71. The molecular weight excluding hydrogens is 352 g/mol. The zero-order valence-corrected chi connectivity index (χ0v) is 16.0. The lowest BCUT2D eigenvalue weighted by atomic mass is 10.0. The van der Waals surface area contributed by atoms with Crippen molar-refractivity contribution < 1.29 is 17.9 Å². The summed E-state index contributed by atoms with van der Waals surface area (Å²) in [5.74, 6) is 0.689. The molecule has 0 radical (unpaired) electrons. The Morgan fingerprint density at radius 1 is 1.15 bits per heavy atom. The van der Waals surface area contributed by atoms with Crippen LogP contribution in [0.2, 0.25) is 0 Å². The van der Waals surface area contributed by atoms with Gasteiger partial charge < -0.3 is 9.64 Å². The molecule has 2 rings (SSSR count). The summed E-state index contributed by atoms with van der Waals surface area (Å²) in [6, 6.07) is 14.3. The number of methoxy groups -OCH3 is 1. The molecule has 2 aromatic carbocycles. The minimum atomic E-state index is -3.91. The van der Waals surface area contributed by atoms with Gasteiger partial charge in [0.2, 0.25) is 0 Å². The first kappa shape index (κ1) is 19.8. The molecule has 2 amide bonds. The summed E-state index contributed by atoms with van der Waals surface area (Å²) in [6.45, 7) is 2.01. The van der Waals surface area contributed by atoms with Gasteiger partial charge in [-0.3, -0.25) is 0 Å². The summed E-state index contributed by atoms with van der Waals surface area (Å²) in [7, 11) is -0.741. The summed E-state index contributed by atoms with van der Waals surface area (Å²) in [5, 5.41) is 0. The van der Waals surface area contributed by atoms with Crippen molar-refractivity contribution in [3.8, 4) is 5.75 Å². The van der Waals surface area contributed by atoms with E-state index in [9.17, 15) is 13.2 Å². The molecule has 0 aliphatic carbocycles. The maximum absolute atomic E-state index is 12.6. The Hall–Kier alpha value is -2.54. The van der Waals surface area contributed by atoms with E-state index in [0.717, 1.165) is 12.0 Å². The smallest absolute Gasteiger partial charge is 0.331 e. The zero-order valence-electron chi connectivity index (χ0n) is 15.2. The van der Waals surface area contributed by atoms with Gasteiger partial charge in [0.25, 0.3) is 10.0 Å². The van der Waals surface area contributed by atoms with Gasteiger partial charge in [0.15, 0.2) is 0 Å². The van der Waals surface area contributed by atoms with Crippen LogP contribution in [-0.4, -0.2) is 33.5 Å². The van der Waals surface area contributed by atoms with Gasteiger partial charge in [-0.2, -0.15) is 0 Å². The second-order valence-corrected chi connectivity index (χ2v) is 7.60. The van der Waals surface area contributed by atoms with Crippen molar-refractivity contribution >= 4 is 16.1 Å². The van der Waals surface area contributed by atoms with Gasteiger partial charge in [0.05, 0.1) is 18.0 Å². The van der Waals surface area contributed by atoms with E-state index in [-0.39, 0.29) is 10.9 Å². The molecule has 0 saturated heterocycles. The largest absolute Gasteiger partial charge is 0.497 e. The van der Waals surface area contributed by atoms with Gasteiger partial charge in [-0.1, -0.05) is 43.7 Å². The third-order valence-electron chi connectivity index (χ3n) is 4.10. The number of amides is 2. The number of ether oxygens (including phenoxy) is 1. The maximum atomic E-state index is 12.6. The highest BCUT2D eigenvalue weighted by molar-refractivity contribution is 7.90. The van der Waals surface area contributed by atoms with E-state index in [1.54, 1.807) is 32.4 Å². The number of nitrogens with zero attached hydrogens (tertiary/aromatic N) is 1. The number of rotatable bonds is 7. The fourth-order valence-electron chi connectivity index (χ4n) is 2.69. The molecule has 0 bridgehead atoms. The number of hydrogen-bond donors (Lipinski definition) is 1. The molecular formula is C19H24N2O4S. The van der Waals surface area contributed by atoms with E-state index >= 15 is 0 Å². The minimum Gasteiger partial charge on any atom is -0.497 e. The van der Waals surface area contributed by atoms with Crippen molar-refractivity contribution in [3.63, 3.8) is 0 Å². The molecule has 1 unspecified atom stereocenters. The van der Waals surface area contributed by atoms with Crippen LogP contribution < -0.4 is 9.46 Å². The Balaban J connectivity index is 2.22. The third kappa shape index (κ3) is 4.76. The van der Waals surface area contributed by atoms with Crippen LogP contribution in [0.3, 0.4) is 0 Å². The molecule has 0 heterocycles. The number of sulfonamides is 1. The summed E-state index contributed by atoms with van der Waals surface area (Å²) >= 11 is 0. The van der Waals surface area contributed by atoms with Crippen LogP contribution >= 0.6 is 0 Å². The number of hydrogen-bond acceptors (Lipinski definition) is 4. The molecule has 6 nitrogen and oxygen atoms in total. The van der Waals surface area contributed by atoms with Gasteiger partial charge in [0.1, 0.15) is 5.75 Å². The topological polar surface area (TPSA) is 75.7 Å². The van der Waals surface area contributed by atoms with Gasteiger partial charge in [-0.15, -0.1) is 0 Å². The molecule has 1 N–H and O–H groups in total. The Morgan fingerprint density at radius 2 is 1.85 bits per heavy atom. The fraction of sp³-hybridized carbons (Fsp3) is 0.316. The first-order chi connectivity index (χ1) is 12.4. The first-order valence-corrected chi connectivity index (χ1v) is 9.86. The first-order valence-electron chi connectivity index (χ1n) is 8.37. The fourth-order valence-corrected chi connectivity index (χ4v) is 3.70. The van der Waals surface area contributed by atoms with Crippen molar-refractivity contribution in [2.24, 2.45) is 0 Å². The summed E-state index contributed by atoms with van der Waals surface area (Å²) < 4.78 is 32.2. The second-order valence-electron chi connectivity index (χ2n) is 5.92. The van der Waals surface area contributed by atoms with Gasteiger partial charge in [-0.25, -0.2) is 17.9 Å². The van der Waals surface area contributed by atoms with Gasteiger partial charge in [0, 0.05) is 7.05 Å². The molecule has 0 aromatic heterocycles. The molecule has 2 aromatic rings. The van der Waals surface area contributed by atoms with Crippen LogP contribution in [0.5, 0.6) is 5.75 Å². The van der Waals surface area contributed by atoms with Crippen LogP contribution in [0.25, 0.3) is 0 Å². The third-order valence-corrected chi connectivity index (χ3v) is 5.44. The molecule has 140 valence electrons. The Morgan fingerprint density at radius 3 is 2.46 bits per heavy atom. The lowest BCUT2D eigenvalue weighted by molar-refractivity contribution is 0.192. The van der Waals surface area contributed by atoms with E-state index in [0.29, 0.717) is 12.2 Å². The van der Waals surface area contributed by atoms with Crippen LogP contribution in [0, 0.1) is 0 Å². The van der Waals surface area contributed by atoms with E-state index in [4.69, 9.17) is 4.74 Å². The van der Waals surface area contributed by atoms with Crippen LogP contribution in [-0.2, 0) is 10.0 Å². The number of carbonyl (C=O) groups is 1. The Kier molecular flexibility index (Phi) is 6.63. The van der Waals surface area contributed by atoms with Crippen molar-refractivity contribution in [2.75, 3.05) is 14.2 Å². The van der Waals surface area contributed by atoms with E-state index in [1.807, 2.05) is 31.2 Å². The molecule has 0 spiro atoms. The summed E-state index contributed by atoms with van der Waals surface area (Å²) in [6.07, 6.45) is 1.54. The highest BCUT2D eigenvalue weighted by Gasteiger charge is 2.25. The molecule has 0 aliphatic rings. The van der Waals surface area contributed by atoms with Crippen molar-refractivity contribution in [2.45, 2.75) is 30.7 Å². The Labute approximate surface area is 154 Å². The highest BCUT2D eigenvalue weighted by atomic mass is 32.2. The molecule has 1 atom stereocenters. The standard InChI is InChI=1S/C19H24N2O4S/c1-4-9-18(15-10-8-11-16(14-15)25-3)21(2)19(22)20-26(23,24)17-12-6-5-7-13-17/h5-8,10-14,18H,4,9H2,1-3H3,(H,20,22). The van der Waals surface area contributed by atoms with E-state index in [2.05, 4.69) is 4.72 Å². The van der Waals surface area contributed by atoms with E-state index in [1.165, 1.54) is 17.0 Å². The molecule has 0 aliphatic heterocycles. The SMILES string of the molecule is CCCC(c1cccc(OC)c1)N(C)C(=O)NS(=O)(=O)c1ccccc1. The lowest BCUT2D eigenvalue weighted by Crippen LogP contribution is -2.42. The van der Waals surface area contributed by atoms with Gasteiger partial charge >= 0.3 is 6.03 Å². The molecule has 26 heavy (non-hydrogen) atoms. The summed E-state index contributed by atoms with van der Waals surface area (Å²) in [5.41, 5.74) is 0.890.